The van der Waals surface area contributed by atoms with Crippen LogP contribution >= 0.6 is 0 Å². The Balaban J connectivity index is 3.02. The number of nitrogens with zero attached hydrogens (tertiary/aromatic N) is 1. The van der Waals surface area contributed by atoms with Crippen LogP contribution in [0.2, 0.25) is 0 Å². The molecule has 5 heteroatoms. The maximum Gasteiger partial charge on any atom is 0.411 e. The number of aliphatic carboxylic acids is 1. The molecule has 122 valence electrons. The zero-order valence-corrected chi connectivity index (χ0v) is 13.9. The summed E-state index contributed by atoms with van der Waals surface area (Å²) in [7, 11) is 0. The fourth-order valence-electron chi connectivity index (χ4n) is 2.15. The molecule has 0 unspecified atom stereocenters. The fourth-order valence-corrected chi connectivity index (χ4v) is 2.15. The molecule has 0 aromatic heterocycles. The van der Waals surface area contributed by atoms with Gasteiger partial charge in [-0.15, -0.1) is 0 Å². The van der Waals surface area contributed by atoms with Gasteiger partial charge < -0.3 is 9.84 Å². The van der Waals surface area contributed by atoms with Crippen LogP contribution in [-0.2, 0) is 16.0 Å². The van der Waals surface area contributed by atoms with Gasteiger partial charge in [-0.2, -0.15) is 0 Å². The number of ether oxygens (including phenoxy) is 1. The first kappa shape index (κ1) is 18.0. The van der Waals surface area contributed by atoms with Gasteiger partial charge in [0.25, 0.3) is 0 Å². The highest BCUT2D eigenvalue weighted by Gasteiger charge is 2.34. The van der Waals surface area contributed by atoms with Gasteiger partial charge in [-0.05, 0) is 40.2 Å². The van der Waals surface area contributed by atoms with Gasteiger partial charge in [0, 0.05) is 12.5 Å². The van der Waals surface area contributed by atoms with Gasteiger partial charge >= 0.3 is 12.1 Å². The summed E-state index contributed by atoms with van der Waals surface area (Å²) in [6.45, 7) is 8.85. The number of carboxylic acid groups (broad SMARTS) is 1. The number of rotatable bonds is 5. The van der Waals surface area contributed by atoms with Gasteiger partial charge in [0.15, 0.2) is 0 Å². The number of carbonyl (C=O) groups is 2. The molecule has 5 nitrogen and oxygen atoms in total. The lowest BCUT2D eigenvalue weighted by Gasteiger charge is -2.34. The van der Waals surface area contributed by atoms with Crippen molar-refractivity contribution < 1.29 is 19.4 Å². The Morgan fingerprint density at radius 2 is 1.73 bits per heavy atom. The summed E-state index contributed by atoms with van der Waals surface area (Å²) >= 11 is 0. The van der Waals surface area contributed by atoms with Crippen molar-refractivity contribution >= 4 is 12.1 Å². The van der Waals surface area contributed by atoms with E-state index in [1.165, 1.54) is 4.90 Å². The standard InChI is InChI=1S/C17H25NO4/c1-12(2)18(16(21)22-17(3,4)5)14(15(19)20)11-13-9-7-6-8-10-13/h6-10,12,14H,11H2,1-5H3,(H,19,20)/t14-/m0/s1. The number of amides is 1. The Morgan fingerprint density at radius 1 is 1.18 bits per heavy atom. The van der Waals surface area contributed by atoms with E-state index in [0.717, 1.165) is 5.56 Å². The summed E-state index contributed by atoms with van der Waals surface area (Å²) in [5, 5.41) is 9.55. The van der Waals surface area contributed by atoms with Crippen molar-refractivity contribution in [1.82, 2.24) is 4.90 Å². The van der Waals surface area contributed by atoms with Crippen LogP contribution in [0.5, 0.6) is 0 Å². The van der Waals surface area contributed by atoms with E-state index >= 15 is 0 Å². The second-order valence-corrected chi connectivity index (χ2v) is 6.53. The maximum absolute atomic E-state index is 12.4. The van der Waals surface area contributed by atoms with Crippen LogP contribution in [0.25, 0.3) is 0 Å². The molecule has 0 aliphatic rings. The summed E-state index contributed by atoms with van der Waals surface area (Å²) in [6, 6.07) is 8.03. The summed E-state index contributed by atoms with van der Waals surface area (Å²) < 4.78 is 5.35. The zero-order chi connectivity index (χ0) is 16.9. The van der Waals surface area contributed by atoms with Crippen molar-refractivity contribution in [2.24, 2.45) is 0 Å². The zero-order valence-electron chi connectivity index (χ0n) is 13.9. The molecule has 0 aliphatic heterocycles. The van der Waals surface area contributed by atoms with E-state index in [4.69, 9.17) is 4.74 Å². The smallest absolute Gasteiger partial charge is 0.411 e. The number of carbonyl (C=O) groups excluding carboxylic acids is 1. The predicted molar refractivity (Wildman–Crippen MR) is 84.8 cm³/mol. The van der Waals surface area contributed by atoms with E-state index in [1.54, 1.807) is 34.6 Å². The highest BCUT2D eigenvalue weighted by Crippen LogP contribution is 2.18. The third-order valence-electron chi connectivity index (χ3n) is 3.05. The minimum absolute atomic E-state index is 0.244. The van der Waals surface area contributed by atoms with Gasteiger partial charge in [-0.25, -0.2) is 9.59 Å². The van der Waals surface area contributed by atoms with E-state index in [-0.39, 0.29) is 12.5 Å². The second kappa shape index (κ2) is 7.29. The van der Waals surface area contributed by atoms with Crippen molar-refractivity contribution in [3.63, 3.8) is 0 Å². The van der Waals surface area contributed by atoms with Crippen LogP contribution in [-0.4, -0.2) is 39.8 Å². The first-order valence-corrected chi connectivity index (χ1v) is 7.40. The van der Waals surface area contributed by atoms with Gasteiger partial charge in [-0.1, -0.05) is 30.3 Å². The van der Waals surface area contributed by atoms with Crippen LogP contribution < -0.4 is 0 Å². The molecule has 0 saturated carbocycles. The molecule has 0 radical (unpaired) electrons. The Labute approximate surface area is 131 Å². The van der Waals surface area contributed by atoms with Gasteiger partial charge in [0.1, 0.15) is 11.6 Å². The number of carboxylic acids is 1. The summed E-state index contributed by atoms with van der Waals surface area (Å²) in [5.41, 5.74) is 0.198. The van der Waals surface area contributed by atoms with Gasteiger partial charge in [0.2, 0.25) is 0 Å². The molecule has 1 N–H and O–H groups in total. The number of benzene rings is 1. The number of hydrogen-bond donors (Lipinski definition) is 1. The SMILES string of the molecule is CC(C)N(C(=O)OC(C)(C)C)[C@@H](Cc1ccccc1)C(=O)O. The molecule has 0 fully saturated rings. The molecule has 22 heavy (non-hydrogen) atoms. The average Bonchev–Trinajstić information content (AvgIpc) is 2.36. The van der Waals surface area contributed by atoms with Gasteiger partial charge in [0.05, 0.1) is 0 Å². The van der Waals surface area contributed by atoms with Crippen LogP contribution in [0.4, 0.5) is 4.79 Å². The molecule has 1 aromatic rings. The number of hydrogen-bond acceptors (Lipinski definition) is 3. The molecule has 0 spiro atoms. The summed E-state index contributed by atoms with van der Waals surface area (Å²) in [5.74, 6) is -1.04. The quantitative estimate of drug-likeness (QED) is 0.906. The molecule has 1 aromatic carbocycles. The Kier molecular flexibility index (Phi) is 5.97. The van der Waals surface area contributed by atoms with Gasteiger partial charge in [-0.3, -0.25) is 4.90 Å². The first-order valence-electron chi connectivity index (χ1n) is 7.40. The monoisotopic (exact) mass is 307 g/mol. The minimum atomic E-state index is -1.04. The Morgan fingerprint density at radius 3 is 2.14 bits per heavy atom. The van der Waals surface area contributed by atoms with Crippen molar-refractivity contribution in [2.75, 3.05) is 0 Å². The molecular weight excluding hydrogens is 282 g/mol. The van der Waals surface area contributed by atoms with Crippen molar-refractivity contribution in [3.05, 3.63) is 35.9 Å². The Bertz CT molecular complexity index is 505. The topological polar surface area (TPSA) is 66.8 Å². The van der Waals surface area contributed by atoms with Crippen LogP contribution in [0.3, 0.4) is 0 Å². The lowest BCUT2D eigenvalue weighted by atomic mass is 10.0. The van der Waals surface area contributed by atoms with Crippen LogP contribution in [0.15, 0.2) is 30.3 Å². The van der Waals surface area contributed by atoms with Crippen LogP contribution in [0, 0.1) is 0 Å². The van der Waals surface area contributed by atoms with Crippen molar-refractivity contribution in [3.8, 4) is 0 Å². The van der Waals surface area contributed by atoms with E-state index in [0.29, 0.717) is 0 Å². The van der Waals surface area contributed by atoms with Crippen molar-refractivity contribution in [1.29, 1.82) is 0 Å². The Hall–Kier alpha value is -2.04. The average molecular weight is 307 g/mol. The largest absolute Gasteiger partial charge is 0.480 e. The highest BCUT2D eigenvalue weighted by atomic mass is 16.6. The van der Waals surface area contributed by atoms with Crippen LogP contribution in [0.1, 0.15) is 40.2 Å². The molecule has 1 amide bonds. The predicted octanol–water partition coefficient (Wildman–Crippen LogP) is 3.33. The lowest BCUT2D eigenvalue weighted by Crippen LogP contribution is -2.51. The first-order chi connectivity index (χ1) is 10.1. The highest BCUT2D eigenvalue weighted by molar-refractivity contribution is 5.80. The lowest BCUT2D eigenvalue weighted by molar-refractivity contribution is -0.143. The summed E-state index contributed by atoms with van der Waals surface area (Å²) in [4.78, 5) is 25.3. The van der Waals surface area contributed by atoms with E-state index < -0.39 is 23.7 Å². The second-order valence-electron chi connectivity index (χ2n) is 6.53. The molecule has 1 rings (SSSR count). The minimum Gasteiger partial charge on any atom is -0.480 e. The third-order valence-corrected chi connectivity index (χ3v) is 3.05. The van der Waals surface area contributed by atoms with Crippen molar-refractivity contribution in [2.45, 2.75) is 58.7 Å². The molecule has 0 aliphatic carbocycles. The molecule has 0 saturated heterocycles. The van der Waals surface area contributed by atoms with E-state index in [9.17, 15) is 14.7 Å². The molecule has 0 bridgehead atoms. The molecule has 0 heterocycles. The van der Waals surface area contributed by atoms with E-state index in [1.807, 2.05) is 30.3 Å². The normalized spacial score (nSPS) is 12.8. The molecule has 1 atom stereocenters. The fraction of sp³-hybridized carbons (Fsp3) is 0.529. The summed E-state index contributed by atoms with van der Waals surface area (Å²) in [6.07, 6.45) is -0.362. The molecular formula is C17H25NO4. The van der Waals surface area contributed by atoms with E-state index in [2.05, 4.69) is 0 Å². The third kappa shape index (κ3) is 5.39. The maximum atomic E-state index is 12.4.